The van der Waals surface area contributed by atoms with Gasteiger partial charge in [-0.05, 0) is 49.1 Å². The fourth-order valence-electron chi connectivity index (χ4n) is 2.77. The van der Waals surface area contributed by atoms with E-state index in [4.69, 9.17) is 5.73 Å². The van der Waals surface area contributed by atoms with Gasteiger partial charge in [0.15, 0.2) is 0 Å². The Bertz CT molecular complexity index is 398. The summed E-state index contributed by atoms with van der Waals surface area (Å²) >= 11 is 0. The van der Waals surface area contributed by atoms with Crippen molar-refractivity contribution in [2.75, 3.05) is 18.8 Å². The number of hydrogen-bond acceptors (Lipinski definition) is 2. The number of nitrogen functional groups attached to an aromatic ring is 1. The monoisotopic (exact) mass is 230 g/mol. The fourth-order valence-corrected chi connectivity index (χ4v) is 2.77. The van der Waals surface area contributed by atoms with Gasteiger partial charge in [-0.15, -0.1) is 6.58 Å². The van der Waals surface area contributed by atoms with Crippen molar-refractivity contribution in [2.24, 2.45) is 0 Å². The Morgan fingerprint density at radius 1 is 1.47 bits per heavy atom. The summed E-state index contributed by atoms with van der Waals surface area (Å²) in [6, 6.07) is 6.99. The van der Waals surface area contributed by atoms with Crippen LogP contribution in [0.25, 0.3) is 0 Å². The molecule has 2 heteroatoms. The van der Waals surface area contributed by atoms with Crippen LogP contribution in [0.15, 0.2) is 30.9 Å². The van der Waals surface area contributed by atoms with Gasteiger partial charge in [-0.1, -0.05) is 19.1 Å². The number of nitrogens with zero attached hydrogens (tertiary/aromatic N) is 1. The maximum atomic E-state index is 5.86. The summed E-state index contributed by atoms with van der Waals surface area (Å²) in [5.41, 5.74) is 9.66. The maximum absolute atomic E-state index is 5.86. The minimum absolute atomic E-state index is 0.646. The molecule has 1 unspecified atom stereocenters. The standard InChI is InChI=1S/C15H22N2/c1-3-9-17(4-2)15-8-6-12-5-7-14(16)10-13(12)11-15/h3,5,7,10,15H,1,4,6,8-9,11,16H2,2H3. The van der Waals surface area contributed by atoms with Gasteiger partial charge in [0.1, 0.15) is 0 Å². The van der Waals surface area contributed by atoms with Crippen molar-refractivity contribution in [3.8, 4) is 0 Å². The first-order valence-corrected chi connectivity index (χ1v) is 6.46. The van der Waals surface area contributed by atoms with Crippen molar-refractivity contribution in [1.29, 1.82) is 0 Å². The molecule has 0 aliphatic heterocycles. The van der Waals surface area contributed by atoms with Gasteiger partial charge in [-0.2, -0.15) is 0 Å². The van der Waals surface area contributed by atoms with Crippen LogP contribution >= 0.6 is 0 Å². The second-order valence-corrected chi connectivity index (χ2v) is 4.80. The third-order valence-corrected chi connectivity index (χ3v) is 3.72. The van der Waals surface area contributed by atoms with Gasteiger partial charge in [0.2, 0.25) is 0 Å². The highest BCUT2D eigenvalue weighted by molar-refractivity contribution is 5.46. The van der Waals surface area contributed by atoms with Gasteiger partial charge in [-0.3, -0.25) is 4.90 Å². The molecule has 2 nitrogen and oxygen atoms in total. The lowest BCUT2D eigenvalue weighted by atomic mass is 9.87. The summed E-state index contributed by atoms with van der Waals surface area (Å²) < 4.78 is 0. The molecule has 0 spiro atoms. The van der Waals surface area contributed by atoms with Crippen LogP contribution in [0.5, 0.6) is 0 Å². The molecule has 1 atom stereocenters. The van der Waals surface area contributed by atoms with Gasteiger partial charge in [0.05, 0.1) is 0 Å². The van der Waals surface area contributed by atoms with Crippen LogP contribution in [0.4, 0.5) is 5.69 Å². The van der Waals surface area contributed by atoms with E-state index in [0.29, 0.717) is 6.04 Å². The number of rotatable bonds is 4. The van der Waals surface area contributed by atoms with E-state index in [-0.39, 0.29) is 0 Å². The molecule has 2 N–H and O–H groups in total. The predicted octanol–water partition coefficient (Wildman–Crippen LogP) is 2.63. The highest BCUT2D eigenvalue weighted by atomic mass is 15.1. The van der Waals surface area contributed by atoms with Crippen molar-refractivity contribution in [1.82, 2.24) is 4.90 Å². The number of nitrogens with two attached hydrogens (primary N) is 1. The van der Waals surface area contributed by atoms with Crippen LogP contribution in [0.1, 0.15) is 24.5 Å². The summed E-state index contributed by atoms with van der Waals surface area (Å²) in [5, 5.41) is 0. The molecule has 92 valence electrons. The van der Waals surface area contributed by atoms with E-state index in [1.807, 2.05) is 12.1 Å². The number of hydrogen-bond donors (Lipinski definition) is 1. The average molecular weight is 230 g/mol. The normalized spacial score (nSPS) is 19.1. The first-order chi connectivity index (χ1) is 8.24. The van der Waals surface area contributed by atoms with E-state index >= 15 is 0 Å². The molecule has 1 aromatic rings. The molecule has 0 aromatic heterocycles. The molecule has 2 rings (SSSR count). The number of likely N-dealkylation sites (N-methyl/N-ethyl adjacent to an activating group) is 1. The van der Waals surface area contributed by atoms with Crippen molar-refractivity contribution in [3.63, 3.8) is 0 Å². The highest BCUT2D eigenvalue weighted by Crippen LogP contribution is 2.26. The number of aryl methyl sites for hydroxylation is 1. The molecule has 1 aliphatic carbocycles. The van der Waals surface area contributed by atoms with E-state index in [1.54, 1.807) is 0 Å². The Balaban J connectivity index is 2.14. The average Bonchev–Trinajstić information content (AvgIpc) is 2.35. The quantitative estimate of drug-likeness (QED) is 0.636. The van der Waals surface area contributed by atoms with E-state index in [2.05, 4.69) is 30.5 Å². The third kappa shape index (κ3) is 2.70. The summed E-state index contributed by atoms with van der Waals surface area (Å²) in [6.07, 6.45) is 5.55. The van der Waals surface area contributed by atoms with Crippen LogP contribution in [-0.4, -0.2) is 24.0 Å². The Kier molecular flexibility index (Phi) is 3.85. The topological polar surface area (TPSA) is 29.3 Å². The Labute approximate surface area is 104 Å². The van der Waals surface area contributed by atoms with Gasteiger partial charge in [0.25, 0.3) is 0 Å². The lowest BCUT2D eigenvalue weighted by molar-refractivity contribution is 0.209. The molecule has 0 radical (unpaired) electrons. The van der Waals surface area contributed by atoms with Gasteiger partial charge >= 0.3 is 0 Å². The molecule has 0 bridgehead atoms. The fraction of sp³-hybridized carbons (Fsp3) is 0.467. The highest BCUT2D eigenvalue weighted by Gasteiger charge is 2.22. The zero-order chi connectivity index (χ0) is 12.3. The van der Waals surface area contributed by atoms with Crippen molar-refractivity contribution >= 4 is 5.69 Å². The van der Waals surface area contributed by atoms with Crippen LogP contribution in [0, 0.1) is 0 Å². The molecular formula is C15H22N2. The number of fused-ring (bicyclic) bond motifs is 1. The van der Waals surface area contributed by atoms with Crippen molar-refractivity contribution in [2.45, 2.75) is 32.2 Å². The zero-order valence-electron chi connectivity index (χ0n) is 10.7. The molecule has 0 saturated heterocycles. The molecule has 0 amide bonds. The Morgan fingerprint density at radius 2 is 2.29 bits per heavy atom. The molecule has 0 heterocycles. The minimum Gasteiger partial charge on any atom is -0.399 e. The van der Waals surface area contributed by atoms with Crippen molar-refractivity contribution in [3.05, 3.63) is 42.0 Å². The largest absolute Gasteiger partial charge is 0.399 e. The van der Waals surface area contributed by atoms with E-state index < -0.39 is 0 Å². The smallest absolute Gasteiger partial charge is 0.0316 e. The molecular weight excluding hydrogens is 208 g/mol. The molecule has 17 heavy (non-hydrogen) atoms. The van der Waals surface area contributed by atoms with E-state index in [0.717, 1.165) is 25.2 Å². The summed E-state index contributed by atoms with van der Waals surface area (Å²) in [4.78, 5) is 2.50. The first-order valence-electron chi connectivity index (χ1n) is 6.46. The van der Waals surface area contributed by atoms with Gasteiger partial charge < -0.3 is 5.73 Å². The van der Waals surface area contributed by atoms with Gasteiger partial charge in [-0.25, -0.2) is 0 Å². The van der Waals surface area contributed by atoms with E-state index in [1.165, 1.54) is 24.0 Å². The molecule has 0 fully saturated rings. The zero-order valence-corrected chi connectivity index (χ0v) is 10.7. The number of anilines is 1. The second-order valence-electron chi connectivity index (χ2n) is 4.80. The second kappa shape index (κ2) is 5.37. The third-order valence-electron chi connectivity index (χ3n) is 3.72. The molecule has 1 aromatic carbocycles. The summed E-state index contributed by atoms with van der Waals surface area (Å²) in [6.45, 7) is 8.14. The lowest BCUT2D eigenvalue weighted by Crippen LogP contribution is -2.39. The Morgan fingerprint density at radius 3 is 3.00 bits per heavy atom. The van der Waals surface area contributed by atoms with Gasteiger partial charge in [0, 0.05) is 18.3 Å². The van der Waals surface area contributed by atoms with Crippen LogP contribution < -0.4 is 5.73 Å². The van der Waals surface area contributed by atoms with Crippen LogP contribution in [-0.2, 0) is 12.8 Å². The Hall–Kier alpha value is -1.28. The molecule has 0 saturated carbocycles. The van der Waals surface area contributed by atoms with Crippen molar-refractivity contribution < 1.29 is 0 Å². The SMILES string of the molecule is C=CCN(CC)C1CCc2ccc(N)cc2C1. The van der Waals surface area contributed by atoms with Crippen LogP contribution in [0.3, 0.4) is 0 Å². The predicted molar refractivity (Wildman–Crippen MR) is 74.1 cm³/mol. The summed E-state index contributed by atoms with van der Waals surface area (Å²) in [7, 11) is 0. The first kappa shape index (κ1) is 12.2. The van der Waals surface area contributed by atoms with E-state index in [9.17, 15) is 0 Å². The summed E-state index contributed by atoms with van der Waals surface area (Å²) in [5.74, 6) is 0. The number of benzene rings is 1. The van der Waals surface area contributed by atoms with Crippen LogP contribution in [0.2, 0.25) is 0 Å². The molecule has 1 aliphatic rings. The lowest BCUT2D eigenvalue weighted by Gasteiger charge is -2.34. The minimum atomic E-state index is 0.646. The maximum Gasteiger partial charge on any atom is 0.0316 e.